The van der Waals surface area contributed by atoms with Gasteiger partial charge in [-0.1, -0.05) is 23.2 Å². The first-order valence-corrected chi connectivity index (χ1v) is 6.55. The predicted molar refractivity (Wildman–Crippen MR) is 76.2 cm³/mol. The maximum Gasteiger partial charge on any atom is 0.341 e. The molecule has 0 bridgehead atoms. The molecule has 21 heavy (non-hydrogen) atoms. The van der Waals surface area contributed by atoms with E-state index >= 15 is 0 Å². The Balaban J connectivity index is 2.43. The van der Waals surface area contributed by atoms with Crippen LogP contribution in [0.4, 0.5) is 5.69 Å². The quantitative estimate of drug-likeness (QED) is 0.488. The molecule has 0 saturated carbocycles. The summed E-state index contributed by atoms with van der Waals surface area (Å²) in [5.74, 6) is -0.530. The van der Waals surface area contributed by atoms with Crippen molar-refractivity contribution in [3.63, 3.8) is 0 Å². The number of carbonyl (C=O) groups excluding carboxylic acids is 1. The molecule has 0 unspecified atom stereocenters. The van der Waals surface area contributed by atoms with E-state index in [4.69, 9.17) is 27.9 Å². The number of carbonyl (C=O) groups is 1. The van der Waals surface area contributed by atoms with Crippen molar-refractivity contribution in [2.24, 2.45) is 0 Å². The summed E-state index contributed by atoms with van der Waals surface area (Å²) in [4.78, 5) is 21.7. The number of hydrogen-bond acceptors (Lipinski definition) is 5. The van der Waals surface area contributed by atoms with Crippen LogP contribution in [-0.4, -0.2) is 27.3 Å². The summed E-state index contributed by atoms with van der Waals surface area (Å²) in [6, 6.07) is 2.32. The van der Waals surface area contributed by atoms with Crippen molar-refractivity contribution >= 4 is 34.9 Å². The Hall–Kier alpha value is -2.12. The Morgan fingerprint density at radius 2 is 2.05 bits per heavy atom. The van der Waals surface area contributed by atoms with E-state index in [-0.39, 0.29) is 33.6 Å². The number of esters is 1. The molecule has 0 atom stereocenters. The van der Waals surface area contributed by atoms with Crippen molar-refractivity contribution in [3.05, 3.63) is 50.2 Å². The summed E-state index contributed by atoms with van der Waals surface area (Å²) in [7, 11) is 0. The lowest BCUT2D eigenvalue weighted by molar-refractivity contribution is -0.384. The Morgan fingerprint density at radius 1 is 1.43 bits per heavy atom. The van der Waals surface area contributed by atoms with Crippen LogP contribution in [0.3, 0.4) is 0 Å². The number of halogens is 2. The van der Waals surface area contributed by atoms with Crippen LogP contribution in [0.1, 0.15) is 17.3 Å². The zero-order valence-corrected chi connectivity index (χ0v) is 12.3. The van der Waals surface area contributed by atoms with E-state index in [9.17, 15) is 14.9 Å². The number of nitro benzene ring substituents is 1. The lowest BCUT2D eigenvalue weighted by Crippen LogP contribution is -2.03. The Labute approximate surface area is 129 Å². The van der Waals surface area contributed by atoms with Gasteiger partial charge in [0.2, 0.25) is 0 Å². The highest BCUT2D eigenvalue weighted by molar-refractivity contribution is 6.38. The van der Waals surface area contributed by atoms with Gasteiger partial charge in [0.05, 0.1) is 33.3 Å². The molecule has 0 radical (unpaired) electrons. The van der Waals surface area contributed by atoms with Gasteiger partial charge in [-0.15, -0.1) is 0 Å². The second-order valence-corrected chi connectivity index (χ2v) is 4.72. The zero-order valence-electron chi connectivity index (χ0n) is 10.7. The van der Waals surface area contributed by atoms with Crippen LogP contribution in [0.15, 0.2) is 24.5 Å². The number of rotatable bonds is 4. The minimum Gasteiger partial charge on any atom is -0.462 e. The highest BCUT2D eigenvalue weighted by Gasteiger charge is 2.18. The monoisotopic (exact) mass is 329 g/mol. The first-order chi connectivity index (χ1) is 9.93. The Kier molecular flexibility index (Phi) is 4.44. The van der Waals surface area contributed by atoms with E-state index in [0.717, 1.165) is 12.1 Å². The normalized spacial score (nSPS) is 10.4. The smallest absolute Gasteiger partial charge is 0.341 e. The van der Waals surface area contributed by atoms with Gasteiger partial charge < -0.3 is 4.74 Å². The molecule has 0 saturated heterocycles. The largest absolute Gasteiger partial charge is 0.462 e. The zero-order chi connectivity index (χ0) is 15.6. The van der Waals surface area contributed by atoms with Crippen LogP contribution in [-0.2, 0) is 4.74 Å². The number of aromatic nitrogens is 2. The minimum absolute atomic E-state index is 0.0488. The first kappa shape index (κ1) is 15.3. The van der Waals surface area contributed by atoms with Gasteiger partial charge in [-0.05, 0) is 6.92 Å². The SMILES string of the molecule is CCOC(=O)c1cnn(-c2c(Cl)cc([N+](=O)[O-])cc2Cl)c1. The van der Waals surface area contributed by atoms with Gasteiger partial charge in [0.25, 0.3) is 5.69 Å². The topological polar surface area (TPSA) is 87.3 Å². The number of hydrogen-bond donors (Lipinski definition) is 0. The van der Waals surface area contributed by atoms with Crippen molar-refractivity contribution in [2.75, 3.05) is 6.61 Å². The van der Waals surface area contributed by atoms with Crippen LogP contribution in [0.25, 0.3) is 5.69 Å². The predicted octanol–water partition coefficient (Wildman–Crippen LogP) is 3.26. The summed E-state index contributed by atoms with van der Waals surface area (Å²) in [5.41, 5.74) is 0.244. The van der Waals surface area contributed by atoms with Crippen LogP contribution >= 0.6 is 23.2 Å². The van der Waals surface area contributed by atoms with E-state index in [1.54, 1.807) is 6.92 Å². The van der Waals surface area contributed by atoms with Crippen molar-refractivity contribution in [2.45, 2.75) is 6.92 Å². The second kappa shape index (κ2) is 6.11. The minimum atomic E-state index is -0.603. The number of benzene rings is 1. The molecule has 0 amide bonds. The van der Waals surface area contributed by atoms with Gasteiger partial charge in [0.1, 0.15) is 5.69 Å². The average Bonchev–Trinajstić information content (AvgIpc) is 2.87. The van der Waals surface area contributed by atoms with Gasteiger partial charge >= 0.3 is 5.97 Å². The fourth-order valence-corrected chi connectivity index (χ4v) is 2.29. The fraction of sp³-hybridized carbons (Fsp3) is 0.167. The molecule has 2 aromatic rings. The number of ether oxygens (including phenoxy) is 1. The van der Waals surface area contributed by atoms with Gasteiger partial charge in [-0.2, -0.15) is 5.10 Å². The van der Waals surface area contributed by atoms with Crippen LogP contribution in [0, 0.1) is 10.1 Å². The van der Waals surface area contributed by atoms with Gasteiger partial charge in [-0.25, -0.2) is 9.48 Å². The molecule has 0 N–H and O–H groups in total. The summed E-state index contributed by atoms with van der Waals surface area (Å²) in [5, 5.41) is 14.8. The second-order valence-electron chi connectivity index (χ2n) is 3.91. The molecule has 9 heteroatoms. The van der Waals surface area contributed by atoms with Gasteiger partial charge in [0, 0.05) is 18.3 Å². The van der Waals surface area contributed by atoms with Crippen molar-refractivity contribution in [3.8, 4) is 5.69 Å². The lowest BCUT2D eigenvalue weighted by atomic mass is 10.3. The molecule has 110 valence electrons. The average molecular weight is 330 g/mol. The number of non-ortho nitro benzene ring substituents is 1. The molecule has 0 spiro atoms. The lowest BCUT2D eigenvalue weighted by Gasteiger charge is -2.06. The third-order valence-corrected chi connectivity index (χ3v) is 3.11. The molecule has 0 fully saturated rings. The summed E-state index contributed by atoms with van der Waals surface area (Å²) in [6.45, 7) is 1.93. The van der Waals surface area contributed by atoms with Gasteiger partial charge in [0.15, 0.2) is 0 Å². The van der Waals surface area contributed by atoms with Crippen LogP contribution in [0.2, 0.25) is 10.0 Å². The highest BCUT2D eigenvalue weighted by Crippen LogP contribution is 2.32. The standard InChI is InChI=1S/C12H9Cl2N3O4/c1-2-21-12(18)7-5-15-16(6-7)11-9(13)3-8(17(19)20)4-10(11)14/h3-6H,2H2,1H3. The Bertz CT molecular complexity index is 691. The first-order valence-electron chi connectivity index (χ1n) is 5.79. The van der Waals surface area contributed by atoms with E-state index in [1.807, 2.05) is 0 Å². The molecule has 1 heterocycles. The summed E-state index contributed by atoms with van der Waals surface area (Å²) in [6.07, 6.45) is 2.68. The third-order valence-electron chi connectivity index (χ3n) is 2.54. The van der Waals surface area contributed by atoms with E-state index in [0.29, 0.717) is 0 Å². The van der Waals surface area contributed by atoms with Crippen molar-refractivity contribution in [1.82, 2.24) is 9.78 Å². The summed E-state index contributed by atoms with van der Waals surface area (Å²) < 4.78 is 6.11. The van der Waals surface area contributed by atoms with Gasteiger partial charge in [-0.3, -0.25) is 10.1 Å². The molecular weight excluding hydrogens is 321 g/mol. The fourth-order valence-electron chi connectivity index (χ4n) is 1.64. The van der Waals surface area contributed by atoms with Crippen molar-refractivity contribution in [1.29, 1.82) is 0 Å². The van der Waals surface area contributed by atoms with E-state index in [2.05, 4.69) is 5.10 Å². The molecule has 1 aromatic carbocycles. The number of nitro groups is 1. The molecule has 2 rings (SSSR count). The maximum absolute atomic E-state index is 11.6. The molecule has 0 aliphatic rings. The molecule has 7 nitrogen and oxygen atoms in total. The van der Waals surface area contributed by atoms with Crippen LogP contribution < -0.4 is 0 Å². The van der Waals surface area contributed by atoms with E-state index in [1.165, 1.54) is 17.1 Å². The van der Waals surface area contributed by atoms with Crippen molar-refractivity contribution < 1.29 is 14.5 Å². The molecule has 0 aliphatic heterocycles. The molecule has 0 aliphatic carbocycles. The maximum atomic E-state index is 11.6. The number of nitrogens with zero attached hydrogens (tertiary/aromatic N) is 3. The van der Waals surface area contributed by atoms with E-state index < -0.39 is 10.9 Å². The third kappa shape index (κ3) is 3.14. The molecule has 1 aromatic heterocycles. The summed E-state index contributed by atoms with van der Waals surface area (Å²) >= 11 is 12.0. The molecular formula is C12H9Cl2N3O4. The highest BCUT2D eigenvalue weighted by atomic mass is 35.5. The Morgan fingerprint density at radius 3 is 2.57 bits per heavy atom. The van der Waals surface area contributed by atoms with Crippen LogP contribution in [0.5, 0.6) is 0 Å².